The van der Waals surface area contributed by atoms with E-state index >= 15 is 0 Å². The highest BCUT2D eigenvalue weighted by Gasteiger charge is 2.41. The molecule has 0 spiro atoms. The molecule has 1 aromatic heterocycles. The lowest BCUT2D eigenvalue weighted by Crippen LogP contribution is -2.53. The Kier molecular flexibility index (Phi) is 7.40. The smallest absolute Gasteiger partial charge is 0.303 e. The Bertz CT molecular complexity index is 1130. The van der Waals surface area contributed by atoms with Crippen molar-refractivity contribution in [2.45, 2.75) is 58.8 Å². The van der Waals surface area contributed by atoms with Crippen LogP contribution in [0.2, 0.25) is 0 Å². The van der Waals surface area contributed by atoms with Gasteiger partial charge in [0.2, 0.25) is 5.79 Å². The third-order valence-electron chi connectivity index (χ3n) is 6.18. The number of ether oxygens (including phenoxy) is 2. The lowest BCUT2D eigenvalue weighted by Gasteiger charge is -2.36. The molecule has 4 rings (SSSR count). The monoisotopic (exact) mass is 477 g/mol. The van der Waals surface area contributed by atoms with E-state index in [1.807, 2.05) is 35.0 Å². The van der Waals surface area contributed by atoms with Crippen LogP contribution in [0.5, 0.6) is 0 Å². The number of aryl methyl sites for hydroxylation is 1. The predicted octanol–water partition coefficient (Wildman–Crippen LogP) is 4.65. The van der Waals surface area contributed by atoms with E-state index in [0.717, 1.165) is 29.1 Å². The Hall–Kier alpha value is -3.00. The third kappa shape index (κ3) is 6.17. The van der Waals surface area contributed by atoms with Crippen LogP contribution in [0.15, 0.2) is 60.7 Å². The van der Waals surface area contributed by atoms with Gasteiger partial charge in [-0.1, -0.05) is 68.8 Å². The van der Waals surface area contributed by atoms with E-state index in [-0.39, 0.29) is 17.9 Å². The number of hydrogen-bond donors (Lipinski definition) is 1. The number of benzene rings is 2. The Morgan fingerprint density at radius 1 is 1.11 bits per heavy atom. The molecule has 3 aromatic rings. The summed E-state index contributed by atoms with van der Waals surface area (Å²) in [5.74, 6) is -1.75. The number of carbonyl (C=O) groups is 1. The van der Waals surface area contributed by atoms with Crippen LogP contribution in [0.1, 0.15) is 50.2 Å². The minimum Gasteiger partial charge on any atom is -0.342 e. The summed E-state index contributed by atoms with van der Waals surface area (Å²) in [6.07, 6.45) is 0.721. The number of rotatable bonds is 7. The molecule has 2 aromatic carbocycles. The molecule has 0 unspecified atom stereocenters. The first-order valence-corrected chi connectivity index (χ1v) is 12.0. The van der Waals surface area contributed by atoms with Crippen molar-refractivity contribution in [1.29, 1.82) is 0 Å². The molecule has 7 nitrogen and oxygen atoms in total. The van der Waals surface area contributed by atoms with E-state index in [9.17, 15) is 4.79 Å². The summed E-state index contributed by atoms with van der Waals surface area (Å²) in [7, 11) is 0. The average Bonchev–Trinajstić information content (AvgIpc) is 3.26. The van der Waals surface area contributed by atoms with E-state index in [0.29, 0.717) is 13.2 Å². The van der Waals surface area contributed by atoms with Crippen molar-refractivity contribution in [1.82, 2.24) is 15.3 Å². The number of amides is 1. The van der Waals surface area contributed by atoms with Crippen LogP contribution in [0.3, 0.4) is 0 Å². The van der Waals surface area contributed by atoms with E-state index in [4.69, 9.17) is 19.4 Å². The van der Waals surface area contributed by atoms with Crippen LogP contribution >= 0.6 is 0 Å². The predicted molar refractivity (Wildman–Crippen MR) is 134 cm³/mol. The topological polar surface area (TPSA) is 74.6 Å². The average molecular weight is 478 g/mol. The fourth-order valence-electron chi connectivity index (χ4n) is 3.88. The van der Waals surface area contributed by atoms with Gasteiger partial charge >= 0.3 is 5.91 Å². The van der Waals surface area contributed by atoms with Crippen molar-refractivity contribution < 1.29 is 19.1 Å². The molecule has 35 heavy (non-hydrogen) atoms. The lowest BCUT2D eigenvalue weighted by molar-refractivity contribution is -0.265. The van der Waals surface area contributed by atoms with Gasteiger partial charge in [0.05, 0.1) is 31.2 Å². The summed E-state index contributed by atoms with van der Waals surface area (Å²) in [5, 5.41) is 4.92. The maximum Gasteiger partial charge on any atom is 0.303 e. The van der Waals surface area contributed by atoms with Crippen LogP contribution in [-0.4, -0.2) is 34.7 Å². The summed E-state index contributed by atoms with van der Waals surface area (Å²) in [6, 6.07) is 20.2. The minimum absolute atomic E-state index is 0.0688. The summed E-state index contributed by atoms with van der Waals surface area (Å²) >= 11 is 0. The molecule has 0 bridgehead atoms. The third-order valence-corrected chi connectivity index (χ3v) is 6.18. The summed E-state index contributed by atoms with van der Waals surface area (Å²) in [4.78, 5) is 18.0. The molecule has 1 aliphatic rings. The molecule has 7 heteroatoms. The number of nitrogens with zero attached hydrogens (tertiary/aromatic N) is 2. The fourth-order valence-corrected chi connectivity index (χ4v) is 3.88. The highest BCUT2D eigenvalue weighted by molar-refractivity contribution is 5.82. The Morgan fingerprint density at radius 3 is 2.40 bits per heavy atom. The molecule has 186 valence electrons. The van der Waals surface area contributed by atoms with E-state index in [2.05, 4.69) is 63.5 Å². The largest absolute Gasteiger partial charge is 0.342 e. The molecule has 1 aliphatic heterocycles. The minimum atomic E-state index is -1.39. The maximum absolute atomic E-state index is 12.7. The van der Waals surface area contributed by atoms with Crippen LogP contribution in [0.4, 0.5) is 0 Å². The SMILES string of the molecule is Cc1ccc(-n2nc(C(C)(C)C)cc2CC2COC(C)(C(=O)NOCc3ccccc3)OC2)cc1. The van der Waals surface area contributed by atoms with Crippen molar-refractivity contribution in [3.8, 4) is 5.69 Å². The second-order valence-corrected chi connectivity index (χ2v) is 10.4. The van der Waals surface area contributed by atoms with Crippen molar-refractivity contribution in [3.63, 3.8) is 0 Å². The quantitative estimate of drug-likeness (QED) is 0.502. The molecule has 1 N–H and O–H groups in total. The lowest BCUT2D eigenvalue weighted by atomic mass is 9.91. The zero-order valence-corrected chi connectivity index (χ0v) is 21.2. The molecular formula is C28H35N3O4. The van der Waals surface area contributed by atoms with Gasteiger partial charge < -0.3 is 9.47 Å². The van der Waals surface area contributed by atoms with Gasteiger partial charge in [-0.15, -0.1) is 0 Å². The van der Waals surface area contributed by atoms with Crippen LogP contribution in [0.25, 0.3) is 5.69 Å². The number of hydrogen-bond acceptors (Lipinski definition) is 5. The summed E-state index contributed by atoms with van der Waals surface area (Å²) < 4.78 is 13.8. The molecule has 1 amide bonds. The molecular weight excluding hydrogens is 442 g/mol. The molecule has 1 fully saturated rings. The van der Waals surface area contributed by atoms with Gasteiger partial charge in [0.25, 0.3) is 0 Å². The van der Waals surface area contributed by atoms with Crippen molar-refractivity contribution in [3.05, 3.63) is 83.2 Å². The van der Waals surface area contributed by atoms with Gasteiger partial charge in [0, 0.05) is 17.0 Å². The van der Waals surface area contributed by atoms with Gasteiger partial charge in [-0.25, -0.2) is 10.2 Å². The van der Waals surface area contributed by atoms with Gasteiger partial charge in [-0.05, 0) is 44.0 Å². The van der Waals surface area contributed by atoms with Crippen molar-refractivity contribution in [2.24, 2.45) is 5.92 Å². The number of carbonyl (C=O) groups excluding carboxylic acids is 1. The fraction of sp³-hybridized carbons (Fsp3) is 0.429. The van der Waals surface area contributed by atoms with Gasteiger partial charge in [-0.2, -0.15) is 5.10 Å². The molecule has 0 atom stereocenters. The molecule has 0 saturated carbocycles. The van der Waals surface area contributed by atoms with Crippen LogP contribution in [-0.2, 0) is 37.5 Å². The Morgan fingerprint density at radius 2 is 1.77 bits per heavy atom. The molecule has 1 saturated heterocycles. The van der Waals surface area contributed by atoms with E-state index < -0.39 is 11.7 Å². The zero-order chi connectivity index (χ0) is 25.1. The Labute approximate surface area is 207 Å². The normalized spacial score (nSPS) is 20.5. The summed E-state index contributed by atoms with van der Waals surface area (Å²) in [6.45, 7) is 11.2. The first-order chi connectivity index (χ1) is 16.6. The first kappa shape index (κ1) is 25.1. The van der Waals surface area contributed by atoms with Gasteiger partial charge in [0.15, 0.2) is 0 Å². The van der Waals surface area contributed by atoms with Gasteiger partial charge in [0.1, 0.15) is 0 Å². The second-order valence-electron chi connectivity index (χ2n) is 10.4. The number of aromatic nitrogens is 2. The Balaban J connectivity index is 1.38. The van der Waals surface area contributed by atoms with Crippen molar-refractivity contribution >= 4 is 5.91 Å². The van der Waals surface area contributed by atoms with Crippen molar-refractivity contribution in [2.75, 3.05) is 13.2 Å². The highest BCUT2D eigenvalue weighted by atomic mass is 16.7. The number of hydroxylamine groups is 1. The standard InChI is InChI=1S/C28H35N3O4/c1-20-11-13-23(14-12-20)31-24(16-25(29-31)27(2,3)4)15-22-17-33-28(5,34-18-22)26(32)30-35-19-21-9-7-6-8-10-21/h6-14,16,22H,15,17-19H2,1-5H3,(H,30,32). The summed E-state index contributed by atoms with van der Waals surface area (Å²) in [5.41, 5.74) is 7.71. The zero-order valence-electron chi connectivity index (χ0n) is 21.2. The highest BCUT2D eigenvalue weighted by Crippen LogP contribution is 2.28. The van der Waals surface area contributed by atoms with E-state index in [1.165, 1.54) is 5.56 Å². The van der Waals surface area contributed by atoms with Crippen LogP contribution in [0, 0.1) is 12.8 Å². The maximum atomic E-state index is 12.7. The number of nitrogens with one attached hydrogen (secondary N) is 1. The molecule has 2 heterocycles. The second kappa shape index (κ2) is 10.3. The molecule has 0 aliphatic carbocycles. The molecule has 0 radical (unpaired) electrons. The van der Waals surface area contributed by atoms with E-state index in [1.54, 1.807) is 6.92 Å². The van der Waals surface area contributed by atoms with Crippen LogP contribution < -0.4 is 5.48 Å². The first-order valence-electron chi connectivity index (χ1n) is 12.0. The van der Waals surface area contributed by atoms with Gasteiger partial charge in [-0.3, -0.25) is 9.63 Å².